The first-order chi connectivity index (χ1) is 15.6. The number of carbonyl (C=O) groups is 2. The van der Waals surface area contributed by atoms with E-state index >= 15 is 0 Å². The summed E-state index contributed by atoms with van der Waals surface area (Å²) in [5, 5.41) is 13.1. The molecule has 0 saturated heterocycles. The molecule has 0 atom stereocenters. The van der Waals surface area contributed by atoms with Crippen molar-refractivity contribution in [2.75, 3.05) is 0 Å². The number of carboxylic acid groups (broad SMARTS) is 1. The van der Waals surface area contributed by atoms with Crippen LogP contribution in [0.3, 0.4) is 0 Å². The van der Waals surface area contributed by atoms with E-state index in [2.05, 4.69) is 10.6 Å². The molecule has 0 spiro atoms. The van der Waals surface area contributed by atoms with Crippen LogP contribution < -0.4 is 5.48 Å². The lowest BCUT2D eigenvalue weighted by atomic mass is 9.79. The summed E-state index contributed by atoms with van der Waals surface area (Å²) >= 11 is 0. The summed E-state index contributed by atoms with van der Waals surface area (Å²) in [5.41, 5.74) is 2.52. The summed E-state index contributed by atoms with van der Waals surface area (Å²) in [6.45, 7) is 0. The summed E-state index contributed by atoms with van der Waals surface area (Å²) < 4.78 is 5.09. The number of oxime groups is 1. The average molecular weight is 434 g/mol. The number of rotatable bonds is 9. The molecule has 8 heteroatoms. The lowest BCUT2D eigenvalue weighted by Gasteiger charge is -2.37. The van der Waals surface area contributed by atoms with Gasteiger partial charge in [0.1, 0.15) is 6.10 Å². The van der Waals surface area contributed by atoms with Gasteiger partial charge in [0, 0.05) is 0 Å². The number of aliphatic carboxylic acids is 1. The van der Waals surface area contributed by atoms with E-state index in [0.29, 0.717) is 12.8 Å². The first-order valence-corrected chi connectivity index (χ1v) is 10.2. The molecule has 1 amide bonds. The van der Waals surface area contributed by atoms with Crippen molar-refractivity contribution in [1.29, 1.82) is 0 Å². The Morgan fingerprint density at radius 1 is 0.969 bits per heavy atom. The van der Waals surface area contributed by atoms with E-state index in [9.17, 15) is 14.7 Å². The molecule has 1 aliphatic carbocycles. The smallest absolute Gasteiger partial charge is 0.361 e. The second kappa shape index (κ2) is 9.49. The van der Waals surface area contributed by atoms with Crippen molar-refractivity contribution >= 4 is 17.6 Å². The molecule has 1 saturated carbocycles. The molecular formula is C24H22N2O6. The third kappa shape index (κ3) is 4.55. The zero-order valence-electron chi connectivity index (χ0n) is 17.1. The number of hydroxylamine groups is 1. The number of amides is 1. The van der Waals surface area contributed by atoms with Crippen LogP contribution in [0.4, 0.5) is 0 Å². The molecule has 8 nitrogen and oxygen atoms in total. The normalized spacial score (nSPS) is 15.1. The zero-order valence-corrected chi connectivity index (χ0v) is 17.1. The van der Waals surface area contributed by atoms with Crippen LogP contribution in [0.5, 0.6) is 0 Å². The lowest BCUT2D eigenvalue weighted by Crippen LogP contribution is -2.53. The van der Waals surface area contributed by atoms with Crippen molar-refractivity contribution in [3.63, 3.8) is 0 Å². The fourth-order valence-electron chi connectivity index (χ4n) is 3.38. The minimum Gasteiger partial charge on any atom is -0.476 e. The van der Waals surface area contributed by atoms with Gasteiger partial charge < -0.3 is 14.4 Å². The molecule has 0 unspecified atom stereocenters. The Balaban J connectivity index is 1.50. The third-order valence-electron chi connectivity index (χ3n) is 5.32. The van der Waals surface area contributed by atoms with Crippen LogP contribution in [0, 0.1) is 0 Å². The minimum atomic E-state index is -1.32. The molecule has 32 heavy (non-hydrogen) atoms. The molecule has 0 aliphatic heterocycles. The van der Waals surface area contributed by atoms with Gasteiger partial charge in [-0.1, -0.05) is 65.8 Å². The van der Waals surface area contributed by atoms with Gasteiger partial charge in [0.25, 0.3) is 5.91 Å². The van der Waals surface area contributed by atoms with E-state index in [1.54, 1.807) is 6.07 Å². The second-order valence-electron chi connectivity index (χ2n) is 7.41. The van der Waals surface area contributed by atoms with Crippen LogP contribution in [0.2, 0.25) is 0 Å². The Morgan fingerprint density at radius 2 is 1.59 bits per heavy atom. The summed E-state index contributed by atoms with van der Waals surface area (Å²) in [6.07, 6.45) is 2.32. The van der Waals surface area contributed by atoms with E-state index in [0.717, 1.165) is 17.5 Å². The Hall–Kier alpha value is -3.91. The Kier molecular flexibility index (Phi) is 6.32. The van der Waals surface area contributed by atoms with Gasteiger partial charge >= 0.3 is 5.97 Å². The Morgan fingerprint density at radius 3 is 2.06 bits per heavy atom. The molecule has 164 valence electrons. The number of hydrogen-bond acceptors (Lipinski definition) is 6. The van der Waals surface area contributed by atoms with Gasteiger partial charge in [-0.05, 0) is 42.5 Å². The molecule has 1 fully saturated rings. The molecular weight excluding hydrogens is 412 g/mol. The van der Waals surface area contributed by atoms with Crippen molar-refractivity contribution < 1.29 is 28.8 Å². The standard InChI is InChI=1S/C24H22N2O6/c27-22(28)20(19-13-7-16-30-19)25-32-24(14-8-15-24)23(29)26-31-21(17-9-3-1-4-10-17)18-11-5-2-6-12-18/h1-7,9-13,16,21H,8,14-15H2,(H,26,29)(H,27,28)/b25-20-. The van der Waals surface area contributed by atoms with Gasteiger partial charge in [0.15, 0.2) is 5.76 Å². The lowest BCUT2D eigenvalue weighted by molar-refractivity contribution is -0.175. The number of carbonyl (C=O) groups excluding carboxylic acids is 1. The Labute approximate surface area is 184 Å². The molecule has 2 N–H and O–H groups in total. The van der Waals surface area contributed by atoms with Crippen molar-refractivity contribution in [3.05, 3.63) is 95.9 Å². The summed E-state index contributed by atoms with van der Waals surface area (Å²) in [4.78, 5) is 35.8. The largest absolute Gasteiger partial charge is 0.476 e. The highest BCUT2D eigenvalue weighted by Crippen LogP contribution is 2.37. The maximum absolute atomic E-state index is 13.0. The number of benzene rings is 2. The fraction of sp³-hybridized carbons (Fsp3) is 0.208. The van der Waals surface area contributed by atoms with Crippen molar-refractivity contribution in [2.45, 2.75) is 31.0 Å². The molecule has 1 aromatic heterocycles. The van der Waals surface area contributed by atoms with E-state index in [4.69, 9.17) is 14.1 Å². The topological polar surface area (TPSA) is 110 Å². The predicted molar refractivity (Wildman–Crippen MR) is 115 cm³/mol. The molecule has 1 aliphatic rings. The van der Waals surface area contributed by atoms with Gasteiger partial charge in [0.05, 0.1) is 6.26 Å². The van der Waals surface area contributed by atoms with Crippen LogP contribution in [-0.4, -0.2) is 28.3 Å². The third-order valence-corrected chi connectivity index (χ3v) is 5.32. The monoisotopic (exact) mass is 434 g/mol. The van der Waals surface area contributed by atoms with Crippen molar-refractivity contribution in [1.82, 2.24) is 5.48 Å². The Bertz CT molecular complexity index is 1040. The van der Waals surface area contributed by atoms with E-state index in [1.807, 2.05) is 60.7 Å². The molecule has 3 aromatic rings. The van der Waals surface area contributed by atoms with E-state index < -0.39 is 29.3 Å². The SMILES string of the molecule is O=C(O)/C(=N\OC1(C(=O)NOC(c2ccccc2)c2ccccc2)CCC1)c1ccco1. The summed E-state index contributed by atoms with van der Waals surface area (Å²) in [5.74, 6) is -1.80. The first kappa shape index (κ1) is 21.3. The van der Waals surface area contributed by atoms with Crippen molar-refractivity contribution in [3.8, 4) is 0 Å². The summed E-state index contributed by atoms with van der Waals surface area (Å²) in [7, 11) is 0. The van der Waals surface area contributed by atoms with Gasteiger partial charge in [-0.3, -0.25) is 9.63 Å². The minimum absolute atomic E-state index is 0.0388. The zero-order chi connectivity index (χ0) is 22.4. The average Bonchev–Trinajstić information content (AvgIpc) is 3.31. The predicted octanol–water partition coefficient (Wildman–Crippen LogP) is 3.85. The molecule has 0 bridgehead atoms. The highest BCUT2D eigenvalue weighted by molar-refractivity contribution is 6.41. The van der Waals surface area contributed by atoms with Gasteiger partial charge in [0.2, 0.25) is 11.3 Å². The number of nitrogens with one attached hydrogen (secondary N) is 1. The number of carboxylic acids is 1. The molecule has 0 radical (unpaired) electrons. The maximum Gasteiger partial charge on any atom is 0.361 e. The quantitative estimate of drug-likeness (QED) is 0.391. The molecule has 1 heterocycles. The number of hydrogen-bond donors (Lipinski definition) is 2. The van der Waals surface area contributed by atoms with Gasteiger partial charge in [-0.25, -0.2) is 10.3 Å². The number of furan rings is 1. The van der Waals surface area contributed by atoms with Crippen molar-refractivity contribution in [2.24, 2.45) is 5.16 Å². The van der Waals surface area contributed by atoms with Gasteiger partial charge in [-0.15, -0.1) is 0 Å². The maximum atomic E-state index is 13.0. The highest BCUT2D eigenvalue weighted by atomic mass is 16.7. The highest BCUT2D eigenvalue weighted by Gasteiger charge is 2.48. The van der Waals surface area contributed by atoms with E-state index in [-0.39, 0.29) is 5.76 Å². The summed E-state index contributed by atoms with van der Waals surface area (Å²) in [6, 6.07) is 22.0. The van der Waals surface area contributed by atoms with Crippen LogP contribution in [0.15, 0.2) is 88.6 Å². The first-order valence-electron chi connectivity index (χ1n) is 10.2. The van der Waals surface area contributed by atoms with Crippen LogP contribution >= 0.6 is 0 Å². The van der Waals surface area contributed by atoms with E-state index in [1.165, 1.54) is 12.3 Å². The molecule has 4 rings (SSSR count). The van der Waals surface area contributed by atoms with Crippen LogP contribution in [0.1, 0.15) is 42.3 Å². The second-order valence-corrected chi connectivity index (χ2v) is 7.41. The molecule has 2 aromatic carbocycles. The fourth-order valence-corrected chi connectivity index (χ4v) is 3.38. The number of nitrogens with zero attached hydrogens (tertiary/aromatic N) is 1. The van der Waals surface area contributed by atoms with Gasteiger partial charge in [-0.2, -0.15) is 0 Å². The van der Waals surface area contributed by atoms with Crippen LogP contribution in [0.25, 0.3) is 0 Å². The van der Waals surface area contributed by atoms with Crippen LogP contribution in [-0.2, 0) is 19.3 Å².